The number of hydrogen-bond donors (Lipinski definition) is 2. The molecule has 1 heterocycles. The molecular weight excluding hydrogens is 158 g/mol. The largest absolute Gasteiger partial charge is 0.470 e. The van der Waals surface area contributed by atoms with Crippen molar-refractivity contribution in [3.63, 3.8) is 0 Å². The van der Waals surface area contributed by atoms with E-state index < -0.39 is 0 Å². The molecule has 1 atom stereocenters. The number of aliphatic hydroxyl groups excluding tert-OH is 1. The SMILES string of the molecule is N#CC(C#N)=C1NC[C@H](CO)O1. The molecule has 0 saturated carbocycles. The van der Waals surface area contributed by atoms with Crippen LogP contribution >= 0.6 is 0 Å². The highest BCUT2D eigenvalue weighted by Gasteiger charge is 2.21. The number of allylic oxidation sites excluding steroid dienone is 1. The molecule has 0 amide bonds. The lowest BCUT2D eigenvalue weighted by Crippen LogP contribution is -2.17. The van der Waals surface area contributed by atoms with Gasteiger partial charge in [0.15, 0.2) is 5.57 Å². The number of ether oxygens (including phenoxy) is 1. The zero-order valence-corrected chi connectivity index (χ0v) is 6.24. The van der Waals surface area contributed by atoms with Crippen molar-refractivity contribution in [3.05, 3.63) is 11.5 Å². The third-order valence-corrected chi connectivity index (χ3v) is 1.43. The van der Waals surface area contributed by atoms with E-state index >= 15 is 0 Å². The third kappa shape index (κ3) is 1.47. The molecule has 1 saturated heterocycles. The highest BCUT2D eigenvalue weighted by atomic mass is 16.5. The van der Waals surface area contributed by atoms with Gasteiger partial charge in [0.05, 0.1) is 13.2 Å². The van der Waals surface area contributed by atoms with Crippen molar-refractivity contribution in [1.29, 1.82) is 10.5 Å². The molecule has 0 radical (unpaired) electrons. The molecular formula is C7H7N3O2. The maximum Gasteiger partial charge on any atom is 0.216 e. The van der Waals surface area contributed by atoms with Crippen LogP contribution in [0.4, 0.5) is 0 Å². The second-order valence-corrected chi connectivity index (χ2v) is 2.23. The van der Waals surface area contributed by atoms with Gasteiger partial charge in [-0.1, -0.05) is 0 Å². The van der Waals surface area contributed by atoms with Crippen molar-refractivity contribution >= 4 is 0 Å². The summed E-state index contributed by atoms with van der Waals surface area (Å²) in [5.41, 5.74) is -0.0917. The van der Waals surface area contributed by atoms with E-state index in [-0.39, 0.29) is 24.2 Å². The summed E-state index contributed by atoms with van der Waals surface area (Å²) in [5.74, 6) is 0.166. The summed E-state index contributed by atoms with van der Waals surface area (Å²) in [6.45, 7) is 0.305. The van der Waals surface area contributed by atoms with Gasteiger partial charge in [0.1, 0.15) is 18.2 Å². The first kappa shape index (κ1) is 8.38. The van der Waals surface area contributed by atoms with Gasteiger partial charge in [-0.25, -0.2) is 0 Å². The Bertz CT molecular complexity index is 268. The molecule has 1 aliphatic rings. The molecule has 1 fully saturated rings. The number of nitriles is 2. The van der Waals surface area contributed by atoms with Crippen LogP contribution in [-0.4, -0.2) is 24.4 Å². The first-order valence-electron chi connectivity index (χ1n) is 3.37. The van der Waals surface area contributed by atoms with Crippen molar-refractivity contribution in [2.45, 2.75) is 6.10 Å². The van der Waals surface area contributed by atoms with E-state index in [1.165, 1.54) is 0 Å². The van der Waals surface area contributed by atoms with E-state index in [2.05, 4.69) is 5.32 Å². The molecule has 5 heteroatoms. The molecule has 0 bridgehead atoms. The minimum absolute atomic E-state index is 0.0917. The summed E-state index contributed by atoms with van der Waals surface area (Å²) < 4.78 is 5.03. The van der Waals surface area contributed by atoms with Gasteiger partial charge in [0, 0.05) is 0 Å². The molecule has 0 spiro atoms. The summed E-state index contributed by atoms with van der Waals surface area (Å²) in [6, 6.07) is 3.38. The highest BCUT2D eigenvalue weighted by Crippen LogP contribution is 2.11. The Labute approximate surface area is 69.5 Å². The van der Waals surface area contributed by atoms with E-state index in [0.29, 0.717) is 6.54 Å². The molecule has 0 aliphatic carbocycles. The summed E-state index contributed by atoms with van der Waals surface area (Å²) >= 11 is 0. The Morgan fingerprint density at radius 1 is 1.67 bits per heavy atom. The van der Waals surface area contributed by atoms with Crippen LogP contribution in [0.15, 0.2) is 11.5 Å². The van der Waals surface area contributed by atoms with Crippen LogP contribution in [0.3, 0.4) is 0 Å². The molecule has 5 nitrogen and oxygen atoms in total. The third-order valence-electron chi connectivity index (χ3n) is 1.43. The summed E-state index contributed by atoms with van der Waals surface area (Å²) in [4.78, 5) is 0. The van der Waals surface area contributed by atoms with Crippen molar-refractivity contribution in [1.82, 2.24) is 5.32 Å². The predicted molar refractivity (Wildman–Crippen MR) is 38.2 cm³/mol. The van der Waals surface area contributed by atoms with Crippen molar-refractivity contribution < 1.29 is 9.84 Å². The van der Waals surface area contributed by atoms with Gasteiger partial charge >= 0.3 is 0 Å². The van der Waals surface area contributed by atoms with Crippen LogP contribution in [0.25, 0.3) is 0 Å². The zero-order chi connectivity index (χ0) is 8.97. The van der Waals surface area contributed by atoms with Gasteiger partial charge in [0.2, 0.25) is 5.88 Å². The number of hydrogen-bond acceptors (Lipinski definition) is 5. The van der Waals surface area contributed by atoms with Crippen molar-refractivity contribution in [2.24, 2.45) is 0 Å². The van der Waals surface area contributed by atoms with Crippen LogP contribution in [0.5, 0.6) is 0 Å². The fourth-order valence-electron chi connectivity index (χ4n) is 0.832. The van der Waals surface area contributed by atoms with Gasteiger partial charge in [-0.05, 0) is 0 Å². The number of aliphatic hydroxyl groups is 1. The monoisotopic (exact) mass is 165 g/mol. The van der Waals surface area contributed by atoms with E-state index in [0.717, 1.165) is 0 Å². The Kier molecular flexibility index (Phi) is 2.52. The van der Waals surface area contributed by atoms with Gasteiger partial charge < -0.3 is 15.2 Å². The zero-order valence-electron chi connectivity index (χ0n) is 6.24. The summed E-state index contributed by atoms with van der Waals surface area (Å²) in [6.07, 6.45) is -0.350. The molecule has 0 aromatic heterocycles. The molecule has 0 unspecified atom stereocenters. The fraction of sp³-hybridized carbons (Fsp3) is 0.429. The standard InChI is InChI=1S/C7H7N3O2/c8-1-5(2-9)7-10-3-6(4-11)12-7/h6,10-11H,3-4H2/t6-/m1/s1. The van der Waals surface area contributed by atoms with Gasteiger partial charge in [0.25, 0.3) is 0 Å². The Morgan fingerprint density at radius 3 is 2.75 bits per heavy atom. The smallest absolute Gasteiger partial charge is 0.216 e. The van der Waals surface area contributed by atoms with Crippen molar-refractivity contribution in [3.8, 4) is 12.1 Å². The molecule has 12 heavy (non-hydrogen) atoms. The lowest BCUT2D eigenvalue weighted by molar-refractivity contribution is 0.0975. The minimum atomic E-state index is -0.350. The second-order valence-electron chi connectivity index (χ2n) is 2.23. The predicted octanol–water partition coefficient (Wildman–Crippen LogP) is -0.774. The van der Waals surface area contributed by atoms with Crippen LogP contribution in [-0.2, 0) is 4.74 Å². The number of rotatable bonds is 1. The quantitative estimate of drug-likeness (QED) is 0.498. The number of nitrogens with zero attached hydrogens (tertiary/aromatic N) is 2. The summed E-state index contributed by atoms with van der Waals surface area (Å²) in [7, 11) is 0. The topological polar surface area (TPSA) is 89.1 Å². The molecule has 0 aromatic rings. The molecule has 2 N–H and O–H groups in total. The first-order valence-corrected chi connectivity index (χ1v) is 3.37. The average Bonchev–Trinajstić information content (AvgIpc) is 2.55. The minimum Gasteiger partial charge on any atom is -0.470 e. The van der Waals surface area contributed by atoms with E-state index in [9.17, 15) is 0 Å². The Balaban J connectivity index is 2.75. The molecule has 62 valence electrons. The maximum atomic E-state index is 8.66. The van der Waals surface area contributed by atoms with Gasteiger partial charge in [-0.15, -0.1) is 0 Å². The second kappa shape index (κ2) is 3.61. The van der Waals surface area contributed by atoms with Crippen LogP contribution < -0.4 is 5.32 Å². The highest BCUT2D eigenvalue weighted by molar-refractivity contribution is 5.38. The van der Waals surface area contributed by atoms with Gasteiger partial charge in [-0.2, -0.15) is 10.5 Å². The molecule has 0 aromatic carbocycles. The molecule has 1 rings (SSSR count). The Morgan fingerprint density at radius 2 is 2.33 bits per heavy atom. The van der Waals surface area contributed by atoms with E-state index in [1.807, 2.05) is 0 Å². The van der Waals surface area contributed by atoms with Crippen LogP contribution in [0.2, 0.25) is 0 Å². The number of nitrogens with one attached hydrogen (secondary N) is 1. The molecule has 1 aliphatic heterocycles. The maximum absolute atomic E-state index is 8.66. The normalized spacial score (nSPS) is 20.2. The fourth-order valence-corrected chi connectivity index (χ4v) is 0.832. The lowest BCUT2D eigenvalue weighted by Gasteiger charge is -2.02. The lowest BCUT2D eigenvalue weighted by atomic mass is 10.3. The van der Waals surface area contributed by atoms with Crippen molar-refractivity contribution in [2.75, 3.05) is 13.2 Å². The van der Waals surface area contributed by atoms with Crippen LogP contribution in [0, 0.1) is 22.7 Å². The van der Waals surface area contributed by atoms with E-state index in [4.69, 9.17) is 20.4 Å². The Hall–Kier alpha value is -1.72. The summed E-state index contributed by atoms with van der Waals surface area (Å²) in [5, 5.41) is 28.2. The average molecular weight is 165 g/mol. The van der Waals surface area contributed by atoms with E-state index in [1.54, 1.807) is 12.1 Å². The van der Waals surface area contributed by atoms with Gasteiger partial charge in [-0.3, -0.25) is 0 Å². The first-order chi connectivity index (χ1) is 5.81. The van der Waals surface area contributed by atoms with Crippen LogP contribution in [0.1, 0.15) is 0 Å².